The Morgan fingerprint density at radius 1 is 1.26 bits per heavy atom. The molecule has 1 aliphatic carbocycles. The van der Waals surface area contributed by atoms with Crippen molar-refractivity contribution in [3.63, 3.8) is 0 Å². The van der Waals surface area contributed by atoms with Gasteiger partial charge in [-0.3, -0.25) is 4.68 Å². The van der Waals surface area contributed by atoms with Gasteiger partial charge < -0.3 is 9.64 Å². The molecule has 1 aromatic rings. The third kappa shape index (κ3) is 3.70. The molecule has 1 spiro atoms. The maximum atomic E-state index is 12.0. The van der Waals surface area contributed by atoms with Crippen molar-refractivity contribution in [3.8, 4) is 0 Å². The van der Waals surface area contributed by atoms with E-state index in [4.69, 9.17) is 4.74 Å². The lowest BCUT2D eigenvalue weighted by atomic mass is 9.61. The molecular weight excluding hydrogens is 290 g/mol. The number of carbonyl (C=O) groups is 1. The summed E-state index contributed by atoms with van der Waals surface area (Å²) >= 11 is 0. The predicted molar refractivity (Wildman–Crippen MR) is 91.6 cm³/mol. The van der Waals surface area contributed by atoms with E-state index in [0.29, 0.717) is 11.5 Å². The number of nitrogens with zero attached hydrogens (tertiary/aromatic N) is 3. The van der Waals surface area contributed by atoms with Crippen LogP contribution in [0.5, 0.6) is 0 Å². The molecule has 2 aliphatic rings. The van der Waals surface area contributed by atoms with E-state index in [1.807, 2.05) is 46.4 Å². The van der Waals surface area contributed by atoms with E-state index >= 15 is 0 Å². The second-order valence-corrected chi connectivity index (χ2v) is 7.77. The van der Waals surface area contributed by atoms with E-state index in [0.717, 1.165) is 31.6 Å². The Hall–Kier alpha value is -1.52. The van der Waals surface area contributed by atoms with Gasteiger partial charge in [0.25, 0.3) is 0 Å². The minimum atomic E-state index is -0.411. The van der Waals surface area contributed by atoms with Crippen LogP contribution in [0.15, 0.2) is 6.07 Å². The molecule has 0 radical (unpaired) electrons. The Bertz CT molecular complexity index is 557. The highest BCUT2D eigenvalue weighted by molar-refractivity contribution is 5.69. The second kappa shape index (κ2) is 6.17. The van der Waals surface area contributed by atoms with Gasteiger partial charge in [-0.1, -0.05) is 13.8 Å². The fourth-order valence-corrected chi connectivity index (χ4v) is 3.61. The summed E-state index contributed by atoms with van der Waals surface area (Å²) in [7, 11) is 0. The first-order chi connectivity index (χ1) is 10.7. The van der Waals surface area contributed by atoms with Crippen molar-refractivity contribution >= 4 is 6.09 Å². The topological polar surface area (TPSA) is 47.4 Å². The Morgan fingerprint density at radius 2 is 1.83 bits per heavy atom. The van der Waals surface area contributed by atoms with Crippen LogP contribution in [0.4, 0.5) is 4.79 Å². The first-order valence-electron chi connectivity index (χ1n) is 8.68. The average Bonchev–Trinajstić information content (AvgIpc) is 2.65. The highest BCUT2D eigenvalue weighted by atomic mass is 16.6. The van der Waals surface area contributed by atoms with Crippen LogP contribution < -0.4 is 0 Å². The maximum Gasteiger partial charge on any atom is 0.410 e. The summed E-state index contributed by atoms with van der Waals surface area (Å²) in [6.07, 6.45) is 2.06. The van der Waals surface area contributed by atoms with Crippen molar-refractivity contribution in [3.05, 3.63) is 17.5 Å². The van der Waals surface area contributed by atoms with Gasteiger partial charge in [0.2, 0.25) is 0 Å². The number of aromatic nitrogens is 2. The molecule has 2 heterocycles. The molecule has 0 atom stereocenters. The summed E-state index contributed by atoms with van der Waals surface area (Å²) in [5.74, 6) is 0. The van der Waals surface area contributed by atoms with Gasteiger partial charge in [0.15, 0.2) is 0 Å². The predicted octanol–water partition coefficient (Wildman–Crippen LogP) is 4.10. The minimum Gasteiger partial charge on any atom is -0.444 e. The number of amides is 1. The van der Waals surface area contributed by atoms with E-state index < -0.39 is 5.60 Å². The zero-order chi connectivity index (χ0) is 17.4. The minimum absolute atomic E-state index is 0.178. The number of aryl methyl sites for hydroxylation is 2. The number of hydrogen-bond acceptors (Lipinski definition) is 3. The van der Waals surface area contributed by atoms with Crippen LogP contribution in [0.1, 0.15) is 64.9 Å². The average molecular weight is 321 g/mol. The van der Waals surface area contributed by atoms with Crippen LogP contribution in [0.25, 0.3) is 0 Å². The van der Waals surface area contributed by atoms with E-state index in [1.54, 1.807) is 0 Å². The van der Waals surface area contributed by atoms with Crippen LogP contribution in [0.3, 0.4) is 0 Å². The number of hydrogen-bond donors (Lipinski definition) is 0. The van der Waals surface area contributed by atoms with E-state index in [1.165, 1.54) is 5.69 Å². The first-order valence-corrected chi connectivity index (χ1v) is 8.68. The zero-order valence-electron chi connectivity index (χ0n) is 15.6. The van der Waals surface area contributed by atoms with Gasteiger partial charge in [0.1, 0.15) is 5.60 Å². The van der Waals surface area contributed by atoms with Gasteiger partial charge in [-0.05, 0) is 53.5 Å². The van der Waals surface area contributed by atoms with Gasteiger partial charge in [-0.2, -0.15) is 5.10 Å². The van der Waals surface area contributed by atoms with Gasteiger partial charge >= 0.3 is 6.09 Å². The van der Waals surface area contributed by atoms with Crippen LogP contribution in [0.2, 0.25) is 0 Å². The Morgan fingerprint density at radius 3 is 2.26 bits per heavy atom. The molecule has 23 heavy (non-hydrogen) atoms. The van der Waals surface area contributed by atoms with Crippen molar-refractivity contribution in [2.24, 2.45) is 5.41 Å². The number of likely N-dealkylation sites (tertiary alicyclic amines) is 1. The van der Waals surface area contributed by atoms with E-state index in [9.17, 15) is 4.79 Å². The quantitative estimate of drug-likeness (QED) is 0.782. The van der Waals surface area contributed by atoms with Crippen LogP contribution in [-0.4, -0.2) is 39.5 Å². The Balaban J connectivity index is 0.000000924. The fraction of sp³-hybridized carbons (Fsp3) is 0.778. The van der Waals surface area contributed by atoms with Crippen molar-refractivity contribution in [1.29, 1.82) is 0 Å². The summed E-state index contributed by atoms with van der Waals surface area (Å²) in [5, 5.41) is 4.57. The molecule has 5 nitrogen and oxygen atoms in total. The Kier molecular flexibility index (Phi) is 4.79. The fourth-order valence-electron chi connectivity index (χ4n) is 3.61. The van der Waals surface area contributed by atoms with Gasteiger partial charge in [-0.15, -0.1) is 0 Å². The summed E-state index contributed by atoms with van der Waals surface area (Å²) in [6.45, 7) is 15.5. The molecule has 0 unspecified atom stereocenters. The standard InChI is InChI=1S/C16H25N3O2.C2H6/c1-11-6-12(2)19(17-11)13-7-16(8-13)9-18(10-16)14(20)21-15(3,4)5;1-2/h6,13H,7-10H2,1-5H3;1-2H3. The Labute approximate surface area is 140 Å². The van der Waals surface area contributed by atoms with Crippen molar-refractivity contribution in [2.75, 3.05) is 13.1 Å². The molecule has 1 aromatic heterocycles. The summed E-state index contributed by atoms with van der Waals surface area (Å²) in [6, 6.07) is 2.62. The molecule has 130 valence electrons. The van der Waals surface area contributed by atoms with Crippen LogP contribution in [0, 0.1) is 19.3 Å². The normalized spacial score (nSPS) is 19.5. The SMILES string of the molecule is CC.Cc1cc(C)n(C2CC3(C2)CN(C(=O)OC(C)(C)C)C3)n1. The molecule has 1 aliphatic heterocycles. The highest BCUT2D eigenvalue weighted by Crippen LogP contribution is 2.54. The third-order valence-electron chi connectivity index (χ3n) is 4.43. The van der Waals surface area contributed by atoms with Crippen molar-refractivity contribution in [1.82, 2.24) is 14.7 Å². The number of carbonyl (C=O) groups excluding carboxylic acids is 1. The molecule has 2 fully saturated rings. The molecule has 1 amide bonds. The molecule has 0 aromatic carbocycles. The van der Waals surface area contributed by atoms with E-state index in [2.05, 4.69) is 22.8 Å². The lowest BCUT2D eigenvalue weighted by molar-refractivity contribution is -0.0931. The zero-order valence-corrected chi connectivity index (χ0v) is 15.6. The molecule has 1 saturated carbocycles. The third-order valence-corrected chi connectivity index (χ3v) is 4.43. The molecule has 0 bridgehead atoms. The van der Waals surface area contributed by atoms with E-state index in [-0.39, 0.29) is 6.09 Å². The smallest absolute Gasteiger partial charge is 0.410 e. The highest BCUT2D eigenvalue weighted by Gasteiger charge is 2.55. The summed E-state index contributed by atoms with van der Waals surface area (Å²) in [4.78, 5) is 13.8. The maximum absolute atomic E-state index is 12.0. The second-order valence-electron chi connectivity index (χ2n) is 7.77. The number of ether oxygens (including phenoxy) is 1. The van der Waals surface area contributed by atoms with Gasteiger partial charge in [-0.25, -0.2) is 4.79 Å². The van der Waals surface area contributed by atoms with Crippen LogP contribution in [-0.2, 0) is 4.74 Å². The lowest BCUT2D eigenvalue weighted by Gasteiger charge is -2.58. The molecule has 1 saturated heterocycles. The molecular formula is C18H31N3O2. The first kappa shape index (κ1) is 17.8. The molecule has 5 heteroatoms. The lowest BCUT2D eigenvalue weighted by Crippen LogP contribution is -2.64. The number of rotatable bonds is 1. The van der Waals surface area contributed by atoms with Crippen molar-refractivity contribution < 1.29 is 9.53 Å². The van der Waals surface area contributed by atoms with Crippen molar-refractivity contribution in [2.45, 2.75) is 73.0 Å². The summed E-state index contributed by atoms with van der Waals surface area (Å²) in [5.41, 5.74) is 2.22. The van der Waals surface area contributed by atoms with Gasteiger partial charge in [0, 0.05) is 24.2 Å². The molecule has 0 N–H and O–H groups in total. The summed E-state index contributed by atoms with van der Waals surface area (Å²) < 4.78 is 7.56. The molecule has 3 rings (SSSR count). The monoisotopic (exact) mass is 321 g/mol. The van der Waals surface area contributed by atoms with Gasteiger partial charge in [0.05, 0.1) is 11.7 Å². The largest absolute Gasteiger partial charge is 0.444 e. The van der Waals surface area contributed by atoms with Crippen LogP contribution >= 0.6 is 0 Å².